The zero-order chi connectivity index (χ0) is 16.7. The average molecular weight is 340 g/mol. The van der Waals surface area contributed by atoms with Crippen LogP contribution in [0.5, 0.6) is 0 Å². The van der Waals surface area contributed by atoms with Crippen LogP contribution < -0.4 is 5.32 Å². The Kier molecular flexibility index (Phi) is 7.01. The fourth-order valence-electron chi connectivity index (χ4n) is 2.34. The van der Waals surface area contributed by atoms with Crippen LogP contribution in [0, 0.1) is 0 Å². The number of ether oxygens (including phenoxy) is 2. The minimum Gasteiger partial charge on any atom is -0.462 e. The Morgan fingerprint density at radius 1 is 1.35 bits per heavy atom. The van der Waals surface area contributed by atoms with Gasteiger partial charge in [0.1, 0.15) is 5.00 Å². The number of carbonyl (C=O) groups is 2. The van der Waals surface area contributed by atoms with Gasteiger partial charge in [0.05, 0.1) is 25.4 Å². The normalized spacial score (nSPS) is 15.4. The molecular weight excluding hydrogens is 316 g/mol. The quantitative estimate of drug-likeness (QED) is 0.770. The summed E-state index contributed by atoms with van der Waals surface area (Å²) in [6, 6.07) is 1.81. The fourth-order valence-corrected chi connectivity index (χ4v) is 3.34. The summed E-state index contributed by atoms with van der Waals surface area (Å²) >= 11 is 1.44. The maximum Gasteiger partial charge on any atom is 0.341 e. The van der Waals surface area contributed by atoms with Crippen molar-refractivity contribution in [1.29, 1.82) is 0 Å². The zero-order valence-electron chi connectivity index (χ0n) is 13.7. The highest BCUT2D eigenvalue weighted by atomic mass is 32.1. The number of carbonyl (C=O) groups excluding carboxylic acids is 2. The van der Waals surface area contributed by atoms with Gasteiger partial charge in [0.2, 0.25) is 5.91 Å². The summed E-state index contributed by atoms with van der Waals surface area (Å²) in [6.45, 7) is 7.98. The molecule has 1 aromatic heterocycles. The molecule has 1 aliphatic rings. The van der Waals surface area contributed by atoms with Crippen molar-refractivity contribution in [2.45, 2.75) is 26.7 Å². The van der Waals surface area contributed by atoms with Gasteiger partial charge >= 0.3 is 5.97 Å². The Labute approximate surface area is 140 Å². The van der Waals surface area contributed by atoms with Crippen molar-refractivity contribution in [3.63, 3.8) is 0 Å². The standard InChI is InChI=1S/C16H24N2O4S/c1-3-12-11-13(16(20)22-4-2)15(23-12)17-14(19)5-6-18-7-9-21-10-8-18/h11H,3-10H2,1-2H3,(H,17,19). The second kappa shape index (κ2) is 9.00. The van der Waals surface area contributed by atoms with Crippen molar-refractivity contribution in [1.82, 2.24) is 4.90 Å². The number of morpholine rings is 1. The summed E-state index contributed by atoms with van der Waals surface area (Å²) in [5.74, 6) is -0.460. The van der Waals surface area contributed by atoms with Gasteiger partial charge in [0.15, 0.2) is 0 Å². The van der Waals surface area contributed by atoms with E-state index in [0.29, 0.717) is 30.1 Å². The molecule has 0 atom stereocenters. The van der Waals surface area contributed by atoms with E-state index in [1.807, 2.05) is 6.92 Å². The van der Waals surface area contributed by atoms with Crippen LogP contribution in [0.2, 0.25) is 0 Å². The number of hydrogen-bond acceptors (Lipinski definition) is 6. The molecule has 0 radical (unpaired) electrons. The molecule has 128 valence electrons. The highest BCUT2D eigenvalue weighted by Gasteiger charge is 2.19. The molecule has 6 nitrogen and oxygen atoms in total. The highest BCUT2D eigenvalue weighted by Crippen LogP contribution is 2.29. The van der Waals surface area contributed by atoms with E-state index in [1.165, 1.54) is 11.3 Å². The van der Waals surface area contributed by atoms with Gasteiger partial charge in [-0.3, -0.25) is 9.69 Å². The van der Waals surface area contributed by atoms with Crippen LogP contribution in [0.1, 0.15) is 35.5 Å². The largest absolute Gasteiger partial charge is 0.462 e. The number of rotatable bonds is 7. The van der Waals surface area contributed by atoms with E-state index in [0.717, 1.165) is 37.6 Å². The molecule has 1 amide bonds. The SMILES string of the molecule is CCOC(=O)c1cc(CC)sc1NC(=O)CCN1CCOCC1. The molecule has 0 saturated carbocycles. The Morgan fingerprint density at radius 3 is 2.74 bits per heavy atom. The molecule has 7 heteroatoms. The average Bonchev–Trinajstić information content (AvgIpc) is 2.97. The lowest BCUT2D eigenvalue weighted by Gasteiger charge is -2.26. The molecule has 1 fully saturated rings. The van der Waals surface area contributed by atoms with Crippen LogP contribution in [0.15, 0.2) is 6.07 Å². The highest BCUT2D eigenvalue weighted by molar-refractivity contribution is 7.16. The van der Waals surface area contributed by atoms with E-state index in [2.05, 4.69) is 10.2 Å². The zero-order valence-corrected chi connectivity index (χ0v) is 14.5. The van der Waals surface area contributed by atoms with E-state index in [9.17, 15) is 9.59 Å². The third kappa shape index (κ3) is 5.30. The number of hydrogen-bond donors (Lipinski definition) is 1. The monoisotopic (exact) mass is 340 g/mol. The Balaban J connectivity index is 1.93. The van der Waals surface area contributed by atoms with Gasteiger partial charge < -0.3 is 14.8 Å². The number of thiophene rings is 1. The van der Waals surface area contributed by atoms with Gasteiger partial charge in [-0.05, 0) is 19.4 Å². The maximum absolute atomic E-state index is 12.2. The molecule has 2 rings (SSSR count). The third-order valence-electron chi connectivity index (χ3n) is 3.64. The van der Waals surface area contributed by atoms with Crippen LogP contribution >= 0.6 is 11.3 Å². The van der Waals surface area contributed by atoms with Crippen molar-refractivity contribution in [2.75, 3.05) is 44.8 Å². The number of esters is 1. The lowest BCUT2D eigenvalue weighted by molar-refractivity contribution is -0.116. The van der Waals surface area contributed by atoms with E-state index in [-0.39, 0.29) is 11.9 Å². The Bertz CT molecular complexity index is 538. The smallest absolute Gasteiger partial charge is 0.341 e. The minimum atomic E-state index is -0.382. The van der Waals surface area contributed by atoms with Crippen molar-refractivity contribution < 1.29 is 19.1 Å². The topological polar surface area (TPSA) is 67.9 Å². The number of amides is 1. The number of nitrogens with one attached hydrogen (secondary N) is 1. The molecule has 1 aromatic rings. The summed E-state index contributed by atoms with van der Waals surface area (Å²) < 4.78 is 10.3. The predicted octanol–water partition coefficient (Wildman–Crippen LogP) is 2.15. The summed E-state index contributed by atoms with van der Waals surface area (Å²) in [5, 5.41) is 3.46. The Morgan fingerprint density at radius 2 is 2.09 bits per heavy atom. The molecule has 1 aliphatic heterocycles. The van der Waals surface area contributed by atoms with Crippen LogP contribution in [0.3, 0.4) is 0 Å². The summed E-state index contributed by atoms with van der Waals surface area (Å²) in [5.41, 5.74) is 0.452. The molecule has 1 N–H and O–H groups in total. The molecule has 0 unspecified atom stereocenters. The van der Waals surface area contributed by atoms with Gasteiger partial charge in [-0.15, -0.1) is 11.3 Å². The minimum absolute atomic E-state index is 0.0773. The number of anilines is 1. The summed E-state index contributed by atoms with van der Waals surface area (Å²) in [6.07, 6.45) is 1.22. The molecule has 0 spiro atoms. The van der Waals surface area contributed by atoms with Crippen LogP contribution in [-0.4, -0.2) is 56.2 Å². The maximum atomic E-state index is 12.2. The number of aryl methyl sites for hydroxylation is 1. The first-order valence-electron chi connectivity index (χ1n) is 8.03. The summed E-state index contributed by atoms with van der Waals surface area (Å²) in [4.78, 5) is 27.4. The van der Waals surface area contributed by atoms with Crippen molar-refractivity contribution in [3.8, 4) is 0 Å². The second-order valence-corrected chi connectivity index (χ2v) is 6.42. The first-order chi connectivity index (χ1) is 11.1. The summed E-state index contributed by atoms with van der Waals surface area (Å²) in [7, 11) is 0. The molecule has 1 saturated heterocycles. The van der Waals surface area contributed by atoms with Gasteiger partial charge in [0.25, 0.3) is 0 Å². The third-order valence-corrected chi connectivity index (χ3v) is 4.83. The number of nitrogens with zero attached hydrogens (tertiary/aromatic N) is 1. The van der Waals surface area contributed by atoms with Gasteiger partial charge in [0, 0.05) is 30.9 Å². The van der Waals surface area contributed by atoms with Crippen LogP contribution in [0.25, 0.3) is 0 Å². The van der Waals surface area contributed by atoms with Crippen molar-refractivity contribution in [2.24, 2.45) is 0 Å². The lowest BCUT2D eigenvalue weighted by Crippen LogP contribution is -2.38. The van der Waals surface area contributed by atoms with Crippen LogP contribution in [0.4, 0.5) is 5.00 Å². The molecule has 0 bridgehead atoms. The van der Waals surface area contributed by atoms with Gasteiger partial charge in [-0.2, -0.15) is 0 Å². The van der Waals surface area contributed by atoms with E-state index < -0.39 is 0 Å². The molecular formula is C16H24N2O4S. The van der Waals surface area contributed by atoms with Crippen LogP contribution in [-0.2, 0) is 20.7 Å². The van der Waals surface area contributed by atoms with E-state index in [4.69, 9.17) is 9.47 Å². The fraction of sp³-hybridized carbons (Fsp3) is 0.625. The molecule has 23 heavy (non-hydrogen) atoms. The van der Waals surface area contributed by atoms with E-state index in [1.54, 1.807) is 13.0 Å². The second-order valence-electron chi connectivity index (χ2n) is 5.28. The molecule has 0 aliphatic carbocycles. The van der Waals surface area contributed by atoms with Gasteiger partial charge in [-0.25, -0.2) is 4.79 Å². The molecule has 0 aromatic carbocycles. The predicted molar refractivity (Wildman–Crippen MR) is 90.2 cm³/mol. The van der Waals surface area contributed by atoms with Crippen molar-refractivity contribution in [3.05, 3.63) is 16.5 Å². The lowest BCUT2D eigenvalue weighted by atomic mass is 10.2. The first kappa shape index (κ1) is 17.9. The van der Waals surface area contributed by atoms with Gasteiger partial charge in [-0.1, -0.05) is 6.92 Å². The van der Waals surface area contributed by atoms with E-state index >= 15 is 0 Å². The molecule has 2 heterocycles. The first-order valence-corrected chi connectivity index (χ1v) is 8.85. The Hall–Kier alpha value is -1.44. The van der Waals surface area contributed by atoms with Crippen molar-refractivity contribution >= 4 is 28.2 Å².